The van der Waals surface area contributed by atoms with Crippen LogP contribution in [0, 0.1) is 0 Å². The van der Waals surface area contributed by atoms with E-state index in [4.69, 9.17) is 4.52 Å². The minimum atomic E-state index is -2.44. The van der Waals surface area contributed by atoms with Crippen LogP contribution in [0.25, 0.3) is 0 Å². The van der Waals surface area contributed by atoms with Gasteiger partial charge in [0.25, 0.3) is 0 Å². The lowest BCUT2D eigenvalue weighted by molar-refractivity contribution is 0.357. The average Bonchev–Trinajstić information content (AvgIpc) is 2.13. The van der Waals surface area contributed by atoms with Crippen LogP contribution < -0.4 is 0 Å². The van der Waals surface area contributed by atoms with E-state index in [9.17, 15) is 4.57 Å². The minimum Gasteiger partial charge on any atom is -0.314 e. The van der Waals surface area contributed by atoms with Gasteiger partial charge in [-0.1, -0.05) is 36.6 Å². The zero-order valence-electron chi connectivity index (χ0n) is 9.02. The summed E-state index contributed by atoms with van der Waals surface area (Å²) in [4.78, 5) is 0. The van der Waals surface area contributed by atoms with Gasteiger partial charge in [0.1, 0.15) is 0 Å². The van der Waals surface area contributed by atoms with Crippen LogP contribution in [0.1, 0.15) is 20.8 Å². The molecule has 86 valence electrons. The van der Waals surface area contributed by atoms with Gasteiger partial charge in [0.15, 0.2) is 0 Å². The smallest absolute Gasteiger partial charge is 0.313 e. The molecule has 0 amide bonds. The van der Waals surface area contributed by atoms with Gasteiger partial charge in [-0.3, -0.25) is 4.57 Å². The van der Waals surface area contributed by atoms with Crippen molar-refractivity contribution in [3.8, 4) is 0 Å². The molecule has 2 nitrogen and oxygen atoms in total. The predicted octanol–water partition coefficient (Wildman–Crippen LogP) is 4.37. The summed E-state index contributed by atoms with van der Waals surface area (Å²) in [6, 6.07) is 0. The summed E-state index contributed by atoms with van der Waals surface area (Å²) in [6.45, 7) is 6.58. The van der Waals surface area contributed by atoms with Crippen molar-refractivity contribution in [1.29, 1.82) is 0 Å². The third-order valence-corrected chi connectivity index (χ3v) is 10.0. The Morgan fingerprint density at radius 1 is 1.07 bits per heavy atom. The molecule has 0 aliphatic heterocycles. The summed E-state index contributed by atoms with van der Waals surface area (Å²) in [5.74, 6) is 1.52. The summed E-state index contributed by atoms with van der Waals surface area (Å²) in [5, 5.41) is 0. The first-order valence-corrected chi connectivity index (χ1v) is 10.8. The van der Waals surface area contributed by atoms with E-state index >= 15 is 0 Å². The quantitative estimate of drug-likeness (QED) is 0.459. The molecule has 0 heterocycles. The molecule has 0 fully saturated rings. The fourth-order valence-corrected chi connectivity index (χ4v) is 8.80. The van der Waals surface area contributed by atoms with Crippen LogP contribution in [0.3, 0.4) is 0 Å². The number of rotatable bonds is 9. The van der Waals surface area contributed by atoms with Crippen molar-refractivity contribution in [3.05, 3.63) is 0 Å². The van der Waals surface area contributed by atoms with Gasteiger partial charge in [-0.2, -0.15) is 11.8 Å². The topological polar surface area (TPSA) is 26.3 Å². The maximum absolute atomic E-state index is 12.1. The first kappa shape index (κ1) is 15.2. The second kappa shape index (κ2) is 9.46. The molecule has 0 bridgehead atoms. The van der Waals surface area contributed by atoms with E-state index in [1.807, 2.05) is 25.6 Å². The monoisotopic (exact) mass is 274 g/mol. The van der Waals surface area contributed by atoms with Gasteiger partial charge in [0.2, 0.25) is 0 Å². The highest BCUT2D eigenvalue weighted by Crippen LogP contribution is 2.69. The Bertz CT molecular complexity index is 168. The van der Waals surface area contributed by atoms with Crippen molar-refractivity contribution in [2.24, 2.45) is 0 Å². The molecule has 0 aliphatic rings. The summed E-state index contributed by atoms with van der Waals surface area (Å²) in [5.41, 5.74) is 0. The molecule has 0 aromatic rings. The normalized spacial score (nSPS) is 15.4. The zero-order chi connectivity index (χ0) is 10.9. The van der Waals surface area contributed by atoms with Crippen molar-refractivity contribution in [3.63, 3.8) is 0 Å². The van der Waals surface area contributed by atoms with E-state index in [0.29, 0.717) is 6.61 Å². The molecule has 0 aromatic heterocycles. The van der Waals surface area contributed by atoms with Crippen molar-refractivity contribution >= 4 is 40.3 Å². The fraction of sp³-hybridized carbons (Fsp3) is 1.00. The molecule has 0 saturated carbocycles. The molecular formula is C8H19O2PS3. The first-order valence-electron chi connectivity index (χ1n) is 4.79. The van der Waals surface area contributed by atoms with Crippen molar-refractivity contribution in [2.45, 2.75) is 20.8 Å². The third-order valence-electron chi connectivity index (χ3n) is 1.26. The highest BCUT2D eigenvalue weighted by Gasteiger charge is 2.22. The molecule has 0 N–H and O–H groups in total. The van der Waals surface area contributed by atoms with Gasteiger partial charge in [-0.15, -0.1) is 0 Å². The highest BCUT2D eigenvalue weighted by molar-refractivity contribution is 8.89. The van der Waals surface area contributed by atoms with Crippen LogP contribution in [0.5, 0.6) is 0 Å². The molecule has 14 heavy (non-hydrogen) atoms. The van der Waals surface area contributed by atoms with Gasteiger partial charge >= 0.3 is 5.77 Å². The summed E-state index contributed by atoms with van der Waals surface area (Å²) < 4.78 is 17.4. The Labute approximate surface area is 99.7 Å². The van der Waals surface area contributed by atoms with E-state index in [2.05, 4.69) is 6.92 Å². The molecule has 1 unspecified atom stereocenters. The van der Waals surface area contributed by atoms with Crippen molar-refractivity contribution < 1.29 is 9.09 Å². The SMILES string of the molecule is CCOP(=O)(SCC)SCCSCC. The molecule has 0 radical (unpaired) electrons. The molecule has 1 atom stereocenters. The van der Waals surface area contributed by atoms with Crippen LogP contribution in [0.15, 0.2) is 0 Å². The molecule has 0 aromatic carbocycles. The maximum Gasteiger partial charge on any atom is 0.313 e. The van der Waals surface area contributed by atoms with Crippen LogP contribution in [0.4, 0.5) is 0 Å². The Morgan fingerprint density at radius 2 is 1.79 bits per heavy atom. The van der Waals surface area contributed by atoms with E-state index in [1.165, 1.54) is 22.8 Å². The Balaban J connectivity index is 3.78. The Kier molecular flexibility index (Phi) is 10.3. The minimum absolute atomic E-state index is 0.540. The lowest BCUT2D eigenvalue weighted by atomic mass is 10.9. The highest BCUT2D eigenvalue weighted by atomic mass is 33.1. The zero-order valence-corrected chi connectivity index (χ0v) is 12.4. The van der Waals surface area contributed by atoms with Gasteiger partial charge in [-0.05, 0) is 12.7 Å². The third kappa shape index (κ3) is 7.52. The van der Waals surface area contributed by atoms with Gasteiger partial charge in [-0.25, -0.2) is 0 Å². The second-order valence-corrected chi connectivity index (χ2v) is 11.5. The Morgan fingerprint density at radius 3 is 2.29 bits per heavy atom. The lowest BCUT2D eigenvalue weighted by Gasteiger charge is -2.14. The number of hydrogen-bond donors (Lipinski definition) is 0. The molecule has 0 rings (SSSR count). The maximum atomic E-state index is 12.1. The van der Waals surface area contributed by atoms with Crippen LogP contribution in [-0.4, -0.2) is 29.6 Å². The van der Waals surface area contributed by atoms with Crippen LogP contribution in [0.2, 0.25) is 0 Å². The van der Waals surface area contributed by atoms with Crippen molar-refractivity contribution in [1.82, 2.24) is 0 Å². The molecular weight excluding hydrogens is 255 g/mol. The van der Waals surface area contributed by atoms with Crippen LogP contribution in [-0.2, 0) is 9.09 Å². The largest absolute Gasteiger partial charge is 0.314 e. The van der Waals surface area contributed by atoms with E-state index < -0.39 is 5.77 Å². The fourth-order valence-electron chi connectivity index (χ4n) is 0.780. The number of thioether (sulfide) groups is 1. The van der Waals surface area contributed by atoms with E-state index in [1.54, 1.807) is 0 Å². The Hall–Kier alpha value is 1.24. The lowest BCUT2D eigenvalue weighted by Crippen LogP contribution is -1.88. The standard InChI is InChI=1S/C8H19O2PS3/c1-4-10-11(9,13-6-3)14-8-7-12-5-2/h4-8H2,1-3H3. The summed E-state index contributed by atoms with van der Waals surface area (Å²) in [6.07, 6.45) is 0. The second-order valence-electron chi connectivity index (χ2n) is 2.31. The summed E-state index contributed by atoms with van der Waals surface area (Å²) >= 11 is 4.82. The molecule has 0 aliphatic carbocycles. The summed E-state index contributed by atoms with van der Waals surface area (Å²) in [7, 11) is 0. The molecule has 0 spiro atoms. The van der Waals surface area contributed by atoms with Gasteiger partial charge < -0.3 is 4.52 Å². The number of hydrogen-bond acceptors (Lipinski definition) is 5. The van der Waals surface area contributed by atoms with Crippen LogP contribution >= 0.6 is 40.3 Å². The van der Waals surface area contributed by atoms with Gasteiger partial charge in [0, 0.05) is 17.3 Å². The predicted molar refractivity (Wildman–Crippen MR) is 72.8 cm³/mol. The van der Waals surface area contributed by atoms with E-state index in [0.717, 1.165) is 23.0 Å². The average molecular weight is 274 g/mol. The van der Waals surface area contributed by atoms with E-state index in [-0.39, 0.29) is 0 Å². The first-order chi connectivity index (χ1) is 6.68. The molecule has 6 heteroatoms. The molecule has 0 saturated heterocycles. The van der Waals surface area contributed by atoms with Crippen molar-refractivity contribution in [2.75, 3.05) is 29.6 Å². The van der Waals surface area contributed by atoms with Gasteiger partial charge in [0.05, 0.1) is 6.61 Å².